The topological polar surface area (TPSA) is 14.8 Å². The summed E-state index contributed by atoms with van der Waals surface area (Å²) in [6.45, 7) is 0. The second-order valence-electron chi connectivity index (χ2n) is 16.9. The Morgan fingerprint density at radius 1 is 0.206 bits per heavy atom. The molecule has 14 aromatic rings. The van der Waals surface area contributed by atoms with Crippen molar-refractivity contribution in [3.8, 4) is 28.2 Å². The summed E-state index contributed by atoms with van der Waals surface area (Å²) in [5.41, 5.74) is 12.8. The van der Waals surface area contributed by atoms with Gasteiger partial charge in [-0.05, 0) is 104 Å². The van der Waals surface area contributed by atoms with Gasteiger partial charge in [0, 0.05) is 43.7 Å². The average molecular weight is 800 g/mol. The number of fused-ring (bicyclic) bond motifs is 15. The average Bonchev–Trinajstić information content (AvgIpc) is 4.00. The SMILES string of the molecule is c1ccc2c(c1)c1ccccc1c1cc(-c3cc(-n4c5ccccc5c5ccccc54)cc(-n4c5ccccc5c5cccc(-n6c7ccccc7c7ccccc76)c54)c3)ccc21. The van der Waals surface area contributed by atoms with Crippen LogP contribution in [0.4, 0.5) is 0 Å². The highest BCUT2D eigenvalue weighted by Crippen LogP contribution is 2.43. The minimum Gasteiger partial charge on any atom is -0.309 e. The Kier molecular flexibility index (Phi) is 7.11. The Labute approximate surface area is 362 Å². The quantitative estimate of drug-likeness (QED) is 0.158. The van der Waals surface area contributed by atoms with Crippen LogP contribution in [0.25, 0.3) is 126 Å². The summed E-state index contributed by atoms with van der Waals surface area (Å²) in [5.74, 6) is 0. The summed E-state index contributed by atoms with van der Waals surface area (Å²) in [6.07, 6.45) is 0. The Morgan fingerprint density at radius 2 is 0.571 bits per heavy atom. The molecule has 3 heterocycles. The van der Waals surface area contributed by atoms with Crippen molar-refractivity contribution in [2.24, 2.45) is 0 Å². The van der Waals surface area contributed by atoms with Gasteiger partial charge in [-0.2, -0.15) is 0 Å². The number of aromatic nitrogens is 3. The van der Waals surface area contributed by atoms with E-state index in [1.165, 1.54) is 103 Å². The molecule has 0 saturated carbocycles. The van der Waals surface area contributed by atoms with Crippen molar-refractivity contribution in [1.29, 1.82) is 0 Å². The van der Waals surface area contributed by atoms with E-state index in [9.17, 15) is 0 Å². The molecule has 11 aromatic carbocycles. The van der Waals surface area contributed by atoms with Gasteiger partial charge in [0.1, 0.15) is 0 Å². The van der Waals surface area contributed by atoms with Crippen LogP contribution in [0.15, 0.2) is 224 Å². The van der Waals surface area contributed by atoms with E-state index in [1.54, 1.807) is 0 Å². The fourth-order valence-electron chi connectivity index (χ4n) is 10.9. The van der Waals surface area contributed by atoms with Crippen molar-refractivity contribution in [3.05, 3.63) is 224 Å². The van der Waals surface area contributed by atoms with Gasteiger partial charge in [-0.1, -0.05) is 164 Å². The van der Waals surface area contributed by atoms with E-state index < -0.39 is 0 Å². The van der Waals surface area contributed by atoms with Gasteiger partial charge >= 0.3 is 0 Å². The predicted octanol–water partition coefficient (Wildman–Crippen LogP) is 16.1. The van der Waals surface area contributed by atoms with Crippen molar-refractivity contribution >= 4 is 97.7 Å². The molecule has 0 bridgehead atoms. The van der Waals surface area contributed by atoms with E-state index in [0.717, 1.165) is 22.6 Å². The zero-order valence-corrected chi connectivity index (χ0v) is 34.2. The van der Waals surface area contributed by atoms with Gasteiger partial charge in [-0.3, -0.25) is 0 Å². The fourth-order valence-corrected chi connectivity index (χ4v) is 10.9. The van der Waals surface area contributed by atoms with Crippen molar-refractivity contribution in [3.63, 3.8) is 0 Å². The maximum Gasteiger partial charge on any atom is 0.0782 e. The largest absolute Gasteiger partial charge is 0.309 e. The molecular formula is C60H37N3. The number of para-hydroxylation sites is 6. The molecule has 0 aliphatic rings. The second-order valence-corrected chi connectivity index (χ2v) is 16.9. The third kappa shape index (κ3) is 4.85. The molecule has 3 aromatic heterocycles. The lowest BCUT2D eigenvalue weighted by molar-refractivity contribution is 1.11. The van der Waals surface area contributed by atoms with Crippen molar-refractivity contribution in [1.82, 2.24) is 13.7 Å². The molecule has 3 heteroatoms. The molecule has 0 N–H and O–H groups in total. The molecule has 0 unspecified atom stereocenters. The van der Waals surface area contributed by atoms with E-state index in [1.807, 2.05) is 0 Å². The summed E-state index contributed by atoms with van der Waals surface area (Å²) in [6, 6.07) is 83.0. The molecule has 0 amide bonds. The number of hydrogen-bond acceptors (Lipinski definition) is 0. The van der Waals surface area contributed by atoms with Gasteiger partial charge in [-0.25, -0.2) is 0 Å². The number of benzene rings is 11. The summed E-state index contributed by atoms with van der Waals surface area (Å²) in [5, 5.41) is 15.1. The highest BCUT2D eigenvalue weighted by Gasteiger charge is 2.22. The fraction of sp³-hybridized carbons (Fsp3) is 0. The first-order valence-electron chi connectivity index (χ1n) is 21.8. The van der Waals surface area contributed by atoms with Gasteiger partial charge < -0.3 is 13.7 Å². The molecule has 0 spiro atoms. The first-order chi connectivity index (χ1) is 31.3. The normalized spacial score (nSPS) is 12.1. The first-order valence-corrected chi connectivity index (χ1v) is 21.8. The number of rotatable bonds is 4. The van der Waals surface area contributed by atoms with Crippen LogP contribution in [-0.4, -0.2) is 13.7 Å². The smallest absolute Gasteiger partial charge is 0.0782 e. The monoisotopic (exact) mass is 799 g/mol. The standard InChI is InChI=1S/C60H37N3/c1-2-18-44-42(16-1)43-17-3-4-19-45(43)53-36-38(32-33-46(44)53)39-34-40(61-54-26-10-5-20-47(54)48-21-6-11-27-55(48)61)37-41(35-39)62-56-28-12-9-24-51(56)52-25-15-31-59(60(52)62)63-57-29-13-7-22-49(57)50-23-8-14-30-58(50)63/h1-37H. The molecule has 0 radical (unpaired) electrons. The summed E-state index contributed by atoms with van der Waals surface area (Å²) in [4.78, 5) is 0. The van der Waals surface area contributed by atoms with Crippen LogP contribution in [0, 0.1) is 0 Å². The minimum absolute atomic E-state index is 1.10. The zero-order valence-electron chi connectivity index (χ0n) is 34.2. The molecule has 0 aliphatic carbocycles. The van der Waals surface area contributed by atoms with Gasteiger partial charge in [-0.15, -0.1) is 0 Å². The third-order valence-corrected chi connectivity index (χ3v) is 13.6. The Hall–Kier alpha value is -8.40. The van der Waals surface area contributed by atoms with E-state index >= 15 is 0 Å². The third-order valence-electron chi connectivity index (χ3n) is 13.6. The van der Waals surface area contributed by atoms with Crippen LogP contribution in [0.5, 0.6) is 0 Å². The van der Waals surface area contributed by atoms with E-state index in [4.69, 9.17) is 0 Å². The second kappa shape index (κ2) is 13.1. The predicted molar refractivity (Wildman–Crippen MR) is 267 cm³/mol. The van der Waals surface area contributed by atoms with Crippen molar-refractivity contribution in [2.75, 3.05) is 0 Å². The Morgan fingerprint density at radius 3 is 1.08 bits per heavy atom. The van der Waals surface area contributed by atoms with Crippen LogP contribution in [0.3, 0.4) is 0 Å². The highest BCUT2D eigenvalue weighted by atomic mass is 15.1. The summed E-state index contributed by atoms with van der Waals surface area (Å²) < 4.78 is 7.45. The van der Waals surface area contributed by atoms with E-state index in [0.29, 0.717) is 0 Å². The van der Waals surface area contributed by atoms with Crippen LogP contribution >= 0.6 is 0 Å². The summed E-state index contributed by atoms with van der Waals surface area (Å²) in [7, 11) is 0. The molecule has 14 rings (SSSR count). The lowest BCUT2D eigenvalue weighted by Gasteiger charge is -2.18. The molecule has 0 aliphatic heterocycles. The van der Waals surface area contributed by atoms with Gasteiger partial charge in [0.25, 0.3) is 0 Å². The molecule has 0 fully saturated rings. The molecule has 292 valence electrons. The molecular weight excluding hydrogens is 763 g/mol. The number of hydrogen-bond donors (Lipinski definition) is 0. The Balaban J connectivity index is 1.12. The lowest BCUT2D eigenvalue weighted by Crippen LogP contribution is -2.03. The van der Waals surface area contributed by atoms with E-state index in [-0.39, 0.29) is 0 Å². The minimum atomic E-state index is 1.10. The highest BCUT2D eigenvalue weighted by molar-refractivity contribution is 6.26. The zero-order chi connectivity index (χ0) is 41.2. The summed E-state index contributed by atoms with van der Waals surface area (Å²) >= 11 is 0. The van der Waals surface area contributed by atoms with Crippen LogP contribution in [0.1, 0.15) is 0 Å². The number of nitrogens with zero attached hydrogens (tertiary/aromatic N) is 3. The maximum absolute atomic E-state index is 2.52. The Bertz CT molecular complexity index is 4070. The van der Waals surface area contributed by atoms with Crippen molar-refractivity contribution < 1.29 is 0 Å². The van der Waals surface area contributed by atoms with E-state index in [2.05, 4.69) is 238 Å². The van der Waals surface area contributed by atoms with Crippen molar-refractivity contribution in [2.45, 2.75) is 0 Å². The van der Waals surface area contributed by atoms with Crippen LogP contribution < -0.4 is 0 Å². The molecule has 0 atom stereocenters. The first kappa shape index (κ1) is 34.3. The molecule has 0 saturated heterocycles. The molecule has 3 nitrogen and oxygen atoms in total. The van der Waals surface area contributed by atoms with Gasteiger partial charge in [0.15, 0.2) is 0 Å². The molecule has 63 heavy (non-hydrogen) atoms. The van der Waals surface area contributed by atoms with Gasteiger partial charge in [0.05, 0.1) is 38.8 Å². The van der Waals surface area contributed by atoms with Gasteiger partial charge in [0.2, 0.25) is 0 Å². The van der Waals surface area contributed by atoms with Crippen LogP contribution in [0.2, 0.25) is 0 Å². The lowest BCUT2D eigenvalue weighted by atomic mass is 9.92. The maximum atomic E-state index is 2.52. The van der Waals surface area contributed by atoms with Crippen LogP contribution in [-0.2, 0) is 0 Å².